The molecule has 0 aliphatic heterocycles. The van der Waals surface area contributed by atoms with Gasteiger partial charge in [0.25, 0.3) is 5.69 Å². The van der Waals surface area contributed by atoms with Crippen LogP contribution in [0.4, 0.5) is 5.69 Å². The predicted octanol–water partition coefficient (Wildman–Crippen LogP) is 2.84. The summed E-state index contributed by atoms with van der Waals surface area (Å²) in [4.78, 5) is 22.2. The number of aryl methyl sites for hydroxylation is 1. The number of nitro groups is 1. The predicted molar refractivity (Wildman–Crippen MR) is 69.4 cm³/mol. The molecule has 0 unspecified atom stereocenters. The fourth-order valence-corrected chi connectivity index (χ4v) is 1.68. The highest BCUT2D eigenvalue weighted by atomic mass is 16.6. The van der Waals surface area contributed by atoms with Gasteiger partial charge in [-0.2, -0.15) is 0 Å². The Bertz CT molecular complexity index is 647. The molecule has 19 heavy (non-hydrogen) atoms. The van der Waals surface area contributed by atoms with E-state index in [1.165, 1.54) is 0 Å². The minimum atomic E-state index is -0.606. The molecule has 2 rings (SSSR count). The molecule has 0 bridgehead atoms. The van der Waals surface area contributed by atoms with Crippen molar-refractivity contribution in [2.75, 3.05) is 0 Å². The standard InChI is InChI=1S/C14H11NO4/c1-9-2-4-10(5-3-9)14(17)12-8-11(15(18)19)6-7-13(12)16/h2-8,16H,1H3. The Kier molecular flexibility index (Phi) is 3.29. The van der Waals surface area contributed by atoms with Crippen LogP contribution in [-0.4, -0.2) is 15.8 Å². The first-order valence-electron chi connectivity index (χ1n) is 5.58. The van der Waals surface area contributed by atoms with Crippen molar-refractivity contribution in [1.29, 1.82) is 0 Å². The molecule has 5 nitrogen and oxygen atoms in total. The van der Waals surface area contributed by atoms with Gasteiger partial charge in [-0.3, -0.25) is 14.9 Å². The highest BCUT2D eigenvalue weighted by Gasteiger charge is 2.17. The monoisotopic (exact) mass is 257 g/mol. The number of non-ortho nitro benzene ring substituents is 1. The highest BCUT2D eigenvalue weighted by Crippen LogP contribution is 2.25. The molecule has 0 aliphatic carbocycles. The lowest BCUT2D eigenvalue weighted by molar-refractivity contribution is -0.384. The van der Waals surface area contributed by atoms with Crippen LogP contribution in [0, 0.1) is 17.0 Å². The normalized spacial score (nSPS) is 10.2. The summed E-state index contributed by atoms with van der Waals surface area (Å²) in [6, 6.07) is 10.2. The van der Waals surface area contributed by atoms with Crippen molar-refractivity contribution in [1.82, 2.24) is 0 Å². The first kappa shape index (κ1) is 12.8. The first-order chi connectivity index (χ1) is 8.99. The van der Waals surface area contributed by atoms with Gasteiger partial charge in [-0.15, -0.1) is 0 Å². The fourth-order valence-electron chi connectivity index (χ4n) is 1.68. The number of carbonyl (C=O) groups is 1. The van der Waals surface area contributed by atoms with E-state index in [9.17, 15) is 20.0 Å². The lowest BCUT2D eigenvalue weighted by Gasteiger charge is -2.04. The van der Waals surface area contributed by atoms with Crippen LogP contribution in [0.25, 0.3) is 0 Å². The summed E-state index contributed by atoms with van der Waals surface area (Å²) < 4.78 is 0. The Balaban J connectivity index is 2.46. The van der Waals surface area contributed by atoms with Gasteiger partial charge in [0.2, 0.25) is 0 Å². The Morgan fingerprint density at radius 2 is 1.79 bits per heavy atom. The van der Waals surface area contributed by atoms with Gasteiger partial charge in [0.1, 0.15) is 5.75 Å². The van der Waals surface area contributed by atoms with Gasteiger partial charge in [0.15, 0.2) is 5.78 Å². The zero-order valence-corrected chi connectivity index (χ0v) is 10.2. The van der Waals surface area contributed by atoms with Crippen molar-refractivity contribution in [3.8, 4) is 5.75 Å². The number of hydrogen-bond acceptors (Lipinski definition) is 4. The van der Waals surface area contributed by atoms with E-state index in [0.29, 0.717) is 5.56 Å². The van der Waals surface area contributed by atoms with Gasteiger partial charge in [-0.1, -0.05) is 29.8 Å². The second-order valence-electron chi connectivity index (χ2n) is 4.15. The smallest absolute Gasteiger partial charge is 0.270 e. The lowest BCUT2D eigenvalue weighted by Crippen LogP contribution is -2.02. The SMILES string of the molecule is Cc1ccc(C(=O)c2cc([N+](=O)[O-])ccc2O)cc1. The fraction of sp³-hybridized carbons (Fsp3) is 0.0714. The maximum absolute atomic E-state index is 12.2. The first-order valence-corrected chi connectivity index (χ1v) is 5.58. The van der Waals surface area contributed by atoms with Crippen LogP contribution in [0.5, 0.6) is 5.75 Å². The van der Waals surface area contributed by atoms with E-state index in [-0.39, 0.29) is 17.0 Å². The van der Waals surface area contributed by atoms with Crippen molar-refractivity contribution in [3.05, 3.63) is 69.3 Å². The van der Waals surface area contributed by atoms with Crippen molar-refractivity contribution >= 4 is 11.5 Å². The van der Waals surface area contributed by atoms with Crippen LogP contribution in [-0.2, 0) is 0 Å². The molecule has 0 radical (unpaired) electrons. The molecule has 2 aromatic carbocycles. The number of benzene rings is 2. The van der Waals surface area contributed by atoms with Gasteiger partial charge >= 0.3 is 0 Å². The maximum atomic E-state index is 12.2. The van der Waals surface area contributed by atoms with Gasteiger partial charge < -0.3 is 5.11 Å². The second kappa shape index (κ2) is 4.89. The third-order valence-corrected chi connectivity index (χ3v) is 2.75. The molecule has 0 saturated heterocycles. The van der Waals surface area contributed by atoms with Crippen LogP contribution in [0.15, 0.2) is 42.5 Å². The molecule has 0 saturated carbocycles. The van der Waals surface area contributed by atoms with E-state index < -0.39 is 10.7 Å². The van der Waals surface area contributed by atoms with Gasteiger partial charge in [0.05, 0.1) is 10.5 Å². The average Bonchev–Trinajstić information content (AvgIpc) is 2.39. The number of carbonyl (C=O) groups excluding carboxylic acids is 1. The van der Waals surface area contributed by atoms with Gasteiger partial charge in [0, 0.05) is 17.7 Å². The molecular weight excluding hydrogens is 246 g/mol. The molecule has 0 spiro atoms. The number of nitrogens with zero attached hydrogens (tertiary/aromatic N) is 1. The maximum Gasteiger partial charge on any atom is 0.270 e. The Labute approximate surface area is 109 Å². The number of ketones is 1. The van der Waals surface area contributed by atoms with E-state index >= 15 is 0 Å². The van der Waals surface area contributed by atoms with Crippen LogP contribution >= 0.6 is 0 Å². The zero-order valence-electron chi connectivity index (χ0n) is 10.2. The molecule has 2 aromatic rings. The third kappa shape index (κ3) is 2.60. The van der Waals surface area contributed by atoms with Gasteiger partial charge in [-0.25, -0.2) is 0 Å². The highest BCUT2D eigenvalue weighted by molar-refractivity contribution is 6.11. The molecule has 0 heterocycles. The molecule has 5 heteroatoms. The molecular formula is C14H11NO4. The summed E-state index contributed by atoms with van der Waals surface area (Å²) >= 11 is 0. The Hall–Kier alpha value is -2.69. The van der Waals surface area contributed by atoms with Crippen LogP contribution in [0.3, 0.4) is 0 Å². The summed E-state index contributed by atoms with van der Waals surface area (Å²) in [6.45, 7) is 1.89. The van der Waals surface area contributed by atoms with Crippen molar-refractivity contribution in [2.24, 2.45) is 0 Å². The molecule has 96 valence electrons. The minimum Gasteiger partial charge on any atom is -0.507 e. The molecule has 0 amide bonds. The quantitative estimate of drug-likeness (QED) is 0.520. The topological polar surface area (TPSA) is 80.4 Å². The Morgan fingerprint density at radius 1 is 1.16 bits per heavy atom. The van der Waals surface area contributed by atoms with E-state index in [2.05, 4.69) is 0 Å². The average molecular weight is 257 g/mol. The molecule has 1 N–H and O–H groups in total. The number of phenols is 1. The van der Waals surface area contributed by atoms with E-state index in [4.69, 9.17) is 0 Å². The number of phenolic OH excluding ortho intramolecular Hbond substituents is 1. The van der Waals surface area contributed by atoms with E-state index in [1.54, 1.807) is 24.3 Å². The van der Waals surface area contributed by atoms with Crippen LogP contribution < -0.4 is 0 Å². The van der Waals surface area contributed by atoms with Gasteiger partial charge in [-0.05, 0) is 13.0 Å². The molecule has 0 atom stereocenters. The molecule has 0 fully saturated rings. The summed E-state index contributed by atoms with van der Waals surface area (Å²) in [7, 11) is 0. The summed E-state index contributed by atoms with van der Waals surface area (Å²) in [6.07, 6.45) is 0. The summed E-state index contributed by atoms with van der Waals surface area (Å²) in [5, 5.41) is 20.3. The van der Waals surface area contributed by atoms with Crippen molar-refractivity contribution < 1.29 is 14.8 Å². The van der Waals surface area contributed by atoms with Crippen LogP contribution in [0.1, 0.15) is 21.5 Å². The van der Waals surface area contributed by atoms with Crippen molar-refractivity contribution in [3.63, 3.8) is 0 Å². The number of nitro benzene ring substituents is 1. The lowest BCUT2D eigenvalue weighted by atomic mass is 10.0. The number of hydrogen-bond donors (Lipinski definition) is 1. The second-order valence-corrected chi connectivity index (χ2v) is 4.15. The van der Waals surface area contributed by atoms with Crippen molar-refractivity contribution in [2.45, 2.75) is 6.92 Å². The van der Waals surface area contributed by atoms with Crippen LogP contribution in [0.2, 0.25) is 0 Å². The number of aromatic hydroxyl groups is 1. The molecule has 0 aromatic heterocycles. The zero-order chi connectivity index (χ0) is 14.0. The Morgan fingerprint density at radius 3 is 2.37 bits per heavy atom. The largest absolute Gasteiger partial charge is 0.507 e. The summed E-state index contributed by atoms with van der Waals surface area (Å²) in [5.41, 5.74) is 1.08. The van der Waals surface area contributed by atoms with E-state index in [1.807, 2.05) is 6.92 Å². The minimum absolute atomic E-state index is 0.0712. The number of rotatable bonds is 3. The summed E-state index contributed by atoms with van der Waals surface area (Å²) in [5.74, 6) is -0.711. The third-order valence-electron chi connectivity index (χ3n) is 2.75. The van der Waals surface area contributed by atoms with E-state index in [0.717, 1.165) is 23.8 Å². The molecule has 0 aliphatic rings.